The molecular formula is C20H30N2O4. The van der Waals surface area contributed by atoms with Gasteiger partial charge in [-0.1, -0.05) is 44.0 Å². The number of ether oxygens (including phenoxy) is 1. The third-order valence-corrected chi connectivity index (χ3v) is 4.13. The van der Waals surface area contributed by atoms with Crippen molar-refractivity contribution in [1.82, 2.24) is 5.32 Å². The van der Waals surface area contributed by atoms with Crippen LogP contribution in [0.15, 0.2) is 42.6 Å². The molecule has 0 radical (unpaired) electrons. The van der Waals surface area contributed by atoms with Crippen LogP contribution in [0.25, 0.3) is 0 Å². The molecule has 1 aliphatic rings. The van der Waals surface area contributed by atoms with E-state index in [-0.39, 0.29) is 12.6 Å². The Morgan fingerprint density at radius 1 is 1.23 bits per heavy atom. The summed E-state index contributed by atoms with van der Waals surface area (Å²) in [5, 5.41) is 10.8. The van der Waals surface area contributed by atoms with Crippen LogP contribution >= 0.6 is 0 Å². The number of nitrogens with zero attached hydrogens (tertiary/aromatic N) is 1. The van der Waals surface area contributed by atoms with E-state index < -0.39 is 5.97 Å². The molecule has 0 unspecified atom stereocenters. The van der Waals surface area contributed by atoms with Gasteiger partial charge in [0.1, 0.15) is 6.61 Å². The molecular weight excluding hydrogens is 332 g/mol. The van der Waals surface area contributed by atoms with E-state index in [0.29, 0.717) is 5.92 Å². The van der Waals surface area contributed by atoms with Gasteiger partial charge in [-0.25, -0.2) is 9.59 Å². The second-order valence-corrected chi connectivity index (χ2v) is 6.42. The van der Waals surface area contributed by atoms with Crippen LogP contribution in [0.4, 0.5) is 10.5 Å². The number of anilines is 1. The molecule has 0 aliphatic heterocycles. The molecule has 1 aromatic rings. The minimum absolute atomic E-state index is 0.0747. The SMILES string of the molecule is C=C(C)N(C(=O)NCC1CCCCC1)c1ccccc1.COCC(=O)O. The van der Waals surface area contributed by atoms with Gasteiger partial charge in [0.05, 0.1) is 5.69 Å². The van der Waals surface area contributed by atoms with Gasteiger partial charge in [0, 0.05) is 19.4 Å². The van der Waals surface area contributed by atoms with Crippen molar-refractivity contribution in [3.05, 3.63) is 42.6 Å². The van der Waals surface area contributed by atoms with Gasteiger partial charge < -0.3 is 15.2 Å². The molecule has 0 aromatic heterocycles. The largest absolute Gasteiger partial charge is 0.480 e. The van der Waals surface area contributed by atoms with Crippen molar-refractivity contribution < 1.29 is 19.4 Å². The molecule has 6 heteroatoms. The highest BCUT2D eigenvalue weighted by Crippen LogP contribution is 2.23. The van der Waals surface area contributed by atoms with Gasteiger partial charge >= 0.3 is 12.0 Å². The monoisotopic (exact) mass is 362 g/mol. The van der Waals surface area contributed by atoms with Gasteiger partial charge in [0.25, 0.3) is 0 Å². The molecule has 1 aliphatic carbocycles. The predicted molar refractivity (Wildman–Crippen MR) is 103 cm³/mol. The number of urea groups is 1. The number of hydrogen-bond donors (Lipinski definition) is 2. The maximum Gasteiger partial charge on any atom is 0.329 e. The minimum Gasteiger partial charge on any atom is -0.480 e. The fourth-order valence-electron chi connectivity index (χ4n) is 2.91. The van der Waals surface area contributed by atoms with E-state index in [1.165, 1.54) is 39.2 Å². The number of carboxylic acids is 1. The highest BCUT2D eigenvalue weighted by molar-refractivity contribution is 5.94. The number of amides is 2. The van der Waals surface area contributed by atoms with E-state index in [4.69, 9.17) is 5.11 Å². The number of benzene rings is 1. The molecule has 1 aromatic carbocycles. The normalized spacial score (nSPS) is 13.9. The first-order valence-electron chi connectivity index (χ1n) is 8.95. The Kier molecular flexibility index (Phi) is 10.1. The Hall–Kier alpha value is -2.34. The number of carbonyl (C=O) groups excluding carboxylic acids is 1. The zero-order valence-electron chi connectivity index (χ0n) is 15.7. The highest BCUT2D eigenvalue weighted by Gasteiger charge is 2.19. The van der Waals surface area contributed by atoms with Gasteiger partial charge in [-0.3, -0.25) is 4.90 Å². The third kappa shape index (κ3) is 8.16. The van der Waals surface area contributed by atoms with Crippen LogP contribution in [0.3, 0.4) is 0 Å². The lowest BCUT2D eigenvalue weighted by atomic mass is 9.89. The summed E-state index contributed by atoms with van der Waals surface area (Å²) in [5.41, 5.74) is 1.60. The molecule has 0 saturated heterocycles. The van der Waals surface area contributed by atoms with Crippen molar-refractivity contribution in [1.29, 1.82) is 0 Å². The molecule has 2 amide bonds. The van der Waals surface area contributed by atoms with Crippen LogP contribution in [0.1, 0.15) is 39.0 Å². The Morgan fingerprint density at radius 2 is 1.85 bits per heavy atom. The molecule has 144 valence electrons. The number of rotatable bonds is 6. The Bertz CT molecular complexity index is 568. The number of carbonyl (C=O) groups is 2. The van der Waals surface area contributed by atoms with Gasteiger partial charge in [0.15, 0.2) is 0 Å². The quantitative estimate of drug-likeness (QED) is 0.801. The second kappa shape index (κ2) is 12.1. The summed E-state index contributed by atoms with van der Waals surface area (Å²) in [6.07, 6.45) is 6.40. The number of methoxy groups -OCH3 is 1. The van der Waals surface area contributed by atoms with Crippen LogP contribution in [-0.2, 0) is 9.53 Å². The zero-order valence-corrected chi connectivity index (χ0v) is 15.7. The van der Waals surface area contributed by atoms with Crippen LogP contribution < -0.4 is 10.2 Å². The van der Waals surface area contributed by atoms with Crippen molar-refractivity contribution in [2.24, 2.45) is 5.92 Å². The van der Waals surface area contributed by atoms with E-state index in [2.05, 4.69) is 16.6 Å². The predicted octanol–water partition coefficient (Wildman–Crippen LogP) is 4.03. The van der Waals surface area contributed by atoms with Crippen molar-refractivity contribution in [3.8, 4) is 0 Å². The van der Waals surface area contributed by atoms with E-state index in [1.807, 2.05) is 37.3 Å². The molecule has 0 atom stereocenters. The van der Waals surface area contributed by atoms with Crippen LogP contribution in [0.2, 0.25) is 0 Å². The number of allylic oxidation sites excluding steroid dienone is 1. The molecule has 26 heavy (non-hydrogen) atoms. The smallest absolute Gasteiger partial charge is 0.329 e. The fraction of sp³-hybridized carbons (Fsp3) is 0.500. The first-order chi connectivity index (χ1) is 12.5. The average molecular weight is 362 g/mol. The number of carboxylic acid groups (broad SMARTS) is 1. The van der Waals surface area contributed by atoms with Crippen LogP contribution in [0, 0.1) is 5.92 Å². The molecule has 1 fully saturated rings. The second-order valence-electron chi connectivity index (χ2n) is 6.42. The summed E-state index contributed by atoms with van der Waals surface area (Å²) < 4.78 is 4.20. The van der Waals surface area contributed by atoms with Crippen molar-refractivity contribution in [2.45, 2.75) is 39.0 Å². The van der Waals surface area contributed by atoms with E-state index in [1.54, 1.807) is 4.90 Å². The number of aliphatic carboxylic acids is 1. The van der Waals surface area contributed by atoms with Crippen molar-refractivity contribution in [3.63, 3.8) is 0 Å². The lowest BCUT2D eigenvalue weighted by molar-refractivity contribution is -0.141. The number of hydrogen-bond acceptors (Lipinski definition) is 3. The summed E-state index contributed by atoms with van der Waals surface area (Å²) in [4.78, 5) is 23.5. The Labute approximate surface area is 155 Å². The molecule has 2 N–H and O–H groups in total. The molecule has 0 heterocycles. The molecule has 2 rings (SSSR count). The van der Waals surface area contributed by atoms with Crippen molar-refractivity contribution >= 4 is 17.7 Å². The summed E-state index contributed by atoms with van der Waals surface area (Å²) in [7, 11) is 1.34. The number of nitrogens with one attached hydrogen (secondary N) is 1. The van der Waals surface area contributed by atoms with Gasteiger partial charge in [-0.05, 0) is 37.8 Å². The van der Waals surface area contributed by atoms with Crippen LogP contribution in [-0.4, -0.2) is 37.4 Å². The molecule has 1 saturated carbocycles. The van der Waals surface area contributed by atoms with E-state index in [9.17, 15) is 9.59 Å². The first kappa shape index (κ1) is 21.7. The average Bonchev–Trinajstić information content (AvgIpc) is 2.62. The lowest BCUT2D eigenvalue weighted by Gasteiger charge is -2.26. The van der Waals surface area contributed by atoms with E-state index >= 15 is 0 Å². The number of para-hydroxylation sites is 1. The summed E-state index contributed by atoms with van der Waals surface area (Å²) in [5.74, 6) is -0.298. The fourth-order valence-corrected chi connectivity index (χ4v) is 2.91. The standard InChI is InChI=1S/C17H24N2O.C3H6O3/c1-14(2)19(16-11-7-4-8-12-16)17(20)18-13-15-9-5-3-6-10-15;1-6-2-3(4)5/h4,7-8,11-12,15H,1,3,5-6,9-10,13H2,2H3,(H,18,20);2H2,1H3,(H,4,5). The minimum atomic E-state index is -0.933. The Balaban J connectivity index is 0.000000487. The maximum absolute atomic E-state index is 12.4. The Morgan fingerprint density at radius 3 is 2.31 bits per heavy atom. The maximum atomic E-state index is 12.4. The summed E-state index contributed by atoms with van der Waals surface area (Å²) in [6, 6.07) is 9.58. The lowest BCUT2D eigenvalue weighted by Crippen LogP contribution is -2.41. The zero-order chi connectivity index (χ0) is 19.4. The topological polar surface area (TPSA) is 78.9 Å². The highest BCUT2D eigenvalue weighted by atomic mass is 16.5. The molecule has 0 bridgehead atoms. The van der Waals surface area contributed by atoms with Gasteiger partial charge in [-0.2, -0.15) is 0 Å². The summed E-state index contributed by atoms with van der Waals surface area (Å²) >= 11 is 0. The van der Waals surface area contributed by atoms with Crippen molar-refractivity contribution in [2.75, 3.05) is 25.2 Å². The first-order valence-corrected chi connectivity index (χ1v) is 8.95. The third-order valence-electron chi connectivity index (χ3n) is 4.13. The molecule has 0 spiro atoms. The van der Waals surface area contributed by atoms with Crippen LogP contribution in [0.5, 0.6) is 0 Å². The van der Waals surface area contributed by atoms with Gasteiger partial charge in [-0.15, -0.1) is 0 Å². The molecule has 6 nitrogen and oxygen atoms in total. The van der Waals surface area contributed by atoms with E-state index in [0.717, 1.165) is 17.9 Å². The summed E-state index contributed by atoms with van der Waals surface area (Å²) in [6.45, 7) is 6.33. The van der Waals surface area contributed by atoms with Gasteiger partial charge in [0.2, 0.25) is 0 Å².